The third-order valence-electron chi connectivity index (χ3n) is 3.32. The molecule has 1 saturated heterocycles. The summed E-state index contributed by atoms with van der Waals surface area (Å²) in [7, 11) is 0. The van der Waals surface area contributed by atoms with Gasteiger partial charge in [0.1, 0.15) is 6.04 Å². The van der Waals surface area contributed by atoms with Gasteiger partial charge in [0.2, 0.25) is 5.91 Å². The number of carbonyl (C=O) groups is 2. The zero-order valence-corrected chi connectivity index (χ0v) is 12.8. The molecule has 1 atom stereocenters. The van der Waals surface area contributed by atoms with Crippen LogP contribution < -0.4 is 5.32 Å². The summed E-state index contributed by atoms with van der Waals surface area (Å²) in [5.41, 5.74) is 0.444. The predicted molar refractivity (Wildman–Crippen MR) is 79.1 cm³/mol. The van der Waals surface area contributed by atoms with Crippen molar-refractivity contribution in [3.63, 3.8) is 0 Å². The molecule has 1 N–H and O–H groups in total. The van der Waals surface area contributed by atoms with Crippen molar-refractivity contribution in [1.29, 1.82) is 0 Å². The Labute approximate surface area is 128 Å². The lowest BCUT2D eigenvalue weighted by Crippen LogP contribution is -2.59. The Morgan fingerprint density at radius 3 is 2.65 bits per heavy atom. The zero-order chi connectivity index (χ0) is 14.9. The smallest absolute Gasteiger partial charge is 0.254 e. The lowest BCUT2D eigenvalue weighted by atomic mass is 9.98. The Hall–Kier alpha value is -1.26. The average Bonchev–Trinajstić information content (AvgIpc) is 2.40. The highest BCUT2D eigenvalue weighted by atomic mass is 35.5. The highest BCUT2D eigenvalue weighted by Crippen LogP contribution is 2.24. The van der Waals surface area contributed by atoms with E-state index >= 15 is 0 Å². The molecule has 1 heterocycles. The molecule has 0 bridgehead atoms. The molecule has 1 fully saturated rings. The SMILES string of the molecule is CC(C)C1C(=O)NCCN1C(=O)c1ccc(Cl)c(Cl)c1. The van der Waals surface area contributed by atoms with Crippen LogP contribution in [0.4, 0.5) is 0 Å². The van der Waals surface area contributed by atoms with Crippen molar-refractivity contribution in [3.05, 3.63) is 33.8 Å². The van der Waals surface area contributed by atoms with Crippen LogP contribution in [-0.2, 0) is 4.79 Å². The summed E-state index contributed by atoms with van der Waals surface area (Å²) < 4.78 is 0. The van der Waals surface area contributed by atoms with Crippen LogP contribution in [0.25, 0.3) is 0 Å². The van der Waals surface area contributed by atoms with E-state index in [1.54, 1.807) is 17.0 Å². The minimum atomic E-state index is -0.453. The first-order chi connectivity index (χ1) is 9.41. The van der Waals surface area contributed by atoms with E-state index in [9.17, 15) is 9.59 Å². The first kappa shape index (κ1) is 15.1. The van der Waals surface area contributed by atoms with E-state index in [2.05, 4.69) is 5.32 Å². The van der Waals surface area contributed by atoms with E-state index in [-0.39, 0.29) is 17.7 Å². The monoisotopic (exact) mass is 314 g/mol. The summed E-state index contributed by atoms with van der Waals surface area (Å²) in [6, 6.07) is 4.30. The number of rotatable bonds is 2. The highest BCUT2D eigenvalue weighted by Gasteiger charge is 2.35. The molecule has 0 spiro atoms. The molecule has 6 heteroatoms. The van der Waals surface area contributed by atoms with E-state index < -0.39 is 6.04 Å². The fourth-order valence-electron chi connectivity index (χ4n) is 2.37. The molecule has 1 unspecified atom stereocenters. The van der Waals surface area contributed by atoms with Gasteiger partial charge < -0.3 is 10.2 Å². The Kier molecular flexibility index (Phi) is 4.55. The van der Waals surface area contributed by atoms with E-state index in [0.717, 1.165) is 0 Å². The molecule has 1 aliphatic rings. The molecular weight excluding hydrogens is 299 g/mol. The number of nitrogens with one attached hydrogen (secondary N) is 1. The maximum Gasteiger partial charge on any atom is 0.254 e. The number of halogens is 2. The third kappa shape index (κ3) is 2.91. The topological polar surface area (TPSA) is 49.4 Å². The quantitative estimate of drug-likeness (QED) is 0.912. The second-order valence-corrected chi connectivity index (χ2v) is 5.92. The van der Waals surface area contributed by atoms with Gasteiger partial charge in [-0.1, -0.05) is 37.0 Å². The van der Waals surface area contributed by atoms with Crippen molar-refractivity contribution in [2.24, 2.45) is 5.92 Å². The molecular formula is C14H16Cl2N2O2. The zero-order valence-electron chi connectivity index (χ0n) is 11.3. The van der Waals surface area contributed by atoms with E-state index in [1.165, 1.54) is 6.07 Å². The molecule has 108 valence electrons. The summed E-state index contributed by atoms with van der Waals surface area (Å²) in [5.74, 6) is -0.265. The van der Waals surface area contributed by atoms with E-state index in [4.69, 9.17) is 23.2 Å². The van der Waals surface area contributed by atoms with Crippen molar-refractivity contribution >= 4 is 35.0 Å². The van der Waals surface area contributed by atoms with Crippen molar-refractivity contribution < 1.29 is 9.59 Å². The van der Waals surface area contributed by atoms with Crippen molar-refractivity contribution in [2.75, 3.05) is 13.1 Å². The van der Waals surface area contributed by atoms with Gasteiger partial charge in [-0.15, -0.1) is 0 Å². The number of hydrogen-bond acceptors (Lipinski definition) is 2. The molecule has 1 aromatic carbocycles. The van der Waals surface area contributed by atoms with Crippen LogP contribution in [0.2, 0.25) is 10.0 Å². The van der Waals surface area contributed by atoms with Gasteiger partial charge in [-0.2, -0.15) is 0 Å². The second-order valence-electron chi connectivity index (χ2n) is 5.11. The first-order valence-electron chi connectivity index (χ1n) is 6.45. The number of carbonyl (C=O) groups excluding carboxylic acids is 2. The van der Waals surface area contributed by atoms with Crippen LogP contribution in [-0.4, -0.2) is 35.8 Å². The van der Waals surface area contributed by atoms with Crippen molar-refractivity contribution in [2.45, 2.75) is 19.9 Å². The van der Waals surface area contributed by atoms with Gasteiger partial charge in [0.05, 0.1) is 10.0 Å². The number of benzene rings is 1. The Morgan fingerprint density at radius 1 is 1.35 bits per heavy atom. The maximum absolute atomic E-state index is 12.6. The van der Waals surface area contributed by atoms with E-state index in [1.807, 2.05) is 13.8 Å². The largest absolute Gasteiger partial charge is 0.353 e. The van der Waals surface area contributed by atoms with Crippen LogP contribution in [0.15, 0.2) is 18.2 Å². The molecule has 0 aromatic heterocycles. The number of hydrogen-bond donors (Lipinski definition) is 1. The van der Waals surface area contributed by atoms with Crippen LogP contribution in [0.3, 0.4) is 0 Å². The number of piperazine rings is 1. The van der Waals surface area contributed by atoms with E-state index in [0.29, 0.717) is 28.7 Å². The fraction of sp³-hybridized carbons (Fsp3) is 0.429. The maximum atomic E-state index is 12.6. The predicted octanol–water partition coefficient (Wildman–Crippen LogP) is 2.59. The summed E-state index contributed by atoms with van der Waals surface area (Å²) in [6.07, 6.45) is 0. The van der Waals surface area contributed by atoms with Gasteiger partial charge in [-0.3, -0.25) is 9.59 Å². The van der Waals surface area contributed by atoms with Gasteiger partial charge in [0.15, 0.2) is 0 Å². The van der Waals surface area contributed by atoms with Crippen LogP contribution >= 0.6 is 23.2 Å². The second kappa shape index (κ2) is 6.02. The minimum Gasteiger partial charge on any atom is -0.353 e. The molecule has 1 aliphatic heterocycles. The van der Waals surface area contributed by atoms with Crippen LogP contribution in [0.1, 0.15) is 24.2 Å². The molecule has 4 nitrogen and oxygen atoms in total. The summed E-state index contributed by atoms with van der Waals surface area (Å²) in [6.45, 7) is 4.80. The van der Waals surface area contributed by atoms with Crippen LogP contribution in [0.5, 0.6) is 0 Å². The standard InChI is InChI=1S/C14H16Cl2N2O2/c1-8(2)12-13(19)17-5-6-18(12)14(20)9-3-4-10(15)11(16)7-9/h3-4,7-8,12H,5-6H2,1-2H3,(H,17,19). The molecule has 0 radical (unpaired) electrons. The number of nitrogens with zero attached hydrogens (tertiary/aromatic N) is 1. The minimum absolute atomic E-state index is 0.0435. The van der Waals surface area contributed by atoms with Gasteiger partial charge >= 0.3 is 0 Å². The molecule has 0 aliphatic carbocycles. The first-order valence-corrected chi connectivity index (χ1v) is 7.21. The fourth-order valence-corrected chi connectivity index (χ4v) is 2.67. The summed E-state index contributed by atoms with van der Waals surface area (Å²) in [4.78, 5) is 26.1. The van der Waals surface area contributed by atoms with Gasteiger partial charge in [-0.05, 0) is 24.1 Å². The van der Waals surface area contributed by atoms with Crippen molar-refractivity contribution in [1.82, 2.24) is 10.2 Å². The molecule has 0 saturated carbocycles. The lowest BCUT2D eigenvalue weighted by Gasteiger charge is -2.37. The Morgan fingerprint density at radius 2 is 2.05 bits per heavy atom. The number of amides is 2. The molecule has 20 heavy (non-hydrogen) atoms. The molecule has 2 rings (SSSR count). The van der Waals surface area contributed by atoms with Gasteiger partial charge in [-0.25, -0.2) is 0 Å². The highest BCUT2D eigenvalue weighted by molar-refractivity contribution is 6.42. The summed E-state index contributed by atoms with van der Waals surface area (Å²) >= 11 is 11.8. The van der Waals surface area contributed by atoms with Crippen molar-refractivity contribution in [3.8, 4) is 0 Å². The third-order valence-corrected chi connectivity index (χ3v) is 4.05. The average molecular weight is 315 g/mol. The van der Waals surface area contributed by atoms with Gasteiger partial charge in [0.25, 0.3) is 5.91 Å². The molecule has 2 amide bonds. The summed E-state index contributed by atoms with van der Waals surface area (Å²) in [5, 5.41) is 3.53. The van der Waals surface area contributed by atoms with Gasteiger partial charge in [0, 0.05) is 18.7 Å². The Bertz CT molecular complexity index is 546. The lowest BCUT2D eigenvalue weighted by molar-refractivity contribution is -0.129. The van der Waals surface area contributed by atoms with Crippen LogP contribution in [0, 0.1) is 5.92 Å². The molecule has 1 aromatic rings. The normalized spacial score (nSPS) is 19.1. The Balaban J connectivity index is 2.30.